The van der Waals surface area contributed by atoms with Gasteiger partial charge in [-0.15, -0.1) is 0 Å². The summed E-state index contributed by atoms with van der Waals surface area (Å²) in [5.41, 5.74) is 0.803. The van der Waals surface area contributed by atoms with Gasteiger partial charge in [0.15, 0.2) is 5.78 Å². The quantitative estimate of drug-likeness (QED) is 0.624. The first kappa shape index (κ1) is 24.3. The lowest BCUT2D eigenvalue weighted by molar-refractivity contribution is -0.144. The standard InChI is InChI=1S/C25H35N5O4/c1-17(2)12-19(14-22(32)28-10-7-26-8-11-28)25(34)29-9-5-20-24(29)21(31)16-30(20)23(33)13-18-4-3-6-27-15-18/h3-4,6,15,17,19-20,24,26H,5,7-14,16H2,1-2H3. The van der Waals surface area contributed by atoms with Gasteiger partial charge in [0.2, 0.25) is 17.7 Å². The number of Topliss-reactive ketones (excluding diaryl/α,β-unsaturated/α-hetero) is 1. The number of rotatable bonds is 7. The van der Waals surface area contributed by atoms with Gasteiger partial charge in [0.05, 0.1) is 19.0 Å². The molecule has 9 heteroatoms. The highest BCUT2D eigenvalue weighted by Gasteiger charge is 2.52. The minimum atomic E-state index is -0.603. The number of hydrogen-bond donors (Lipinski definition) is 1. The monoisotopic (exact) mass is 469 g/mol. The number of carbonyl (C=O) groups excluding carboxylic acids is 4. The Morgan fingerprint density at radius 3 is 2.56 bits per heavy atom. The number of carbonyl (C=O) groups is 4. The fourth-order valence-corrected chi connectivity index (χ4v) is 5.50. The van der Waals surface area contributed by atoms with Crippen LogP contribution in [0.15, 0.2) is 24.5 Å². The van der Waals surface area contributed by atoms with Crippen LogP contribution in [0.5, 0.6) is 0 Å². The van der Waals surface area contributed by atoms with Crippen LogP contribution in [-0.2, 0) is 25.6 Å². The lowest BCUT2D eigenvalue weighted by Gasteiger charge is -2.31. The number of ketones is 1. The number of amides is 3. The SMILES string of the molecule is CC(C)CC(CC(=O)N1CCNCC1)C(=O)N1CCC2C1C(=O)CN2C(=O)Cc1cccnc1. The molecule has 3 aliphatic heterocycles. The summed E-state index contributed by atoms with van der Waals surface area (Å²) in [6.45, 7) is 7.40. The summed E-state index contributed by atoms with van der Waals surface area (Å²) in [6.07, 6.45) is 4.85. The fourth-order valence-electron chi connectivity index (χ4n) is 5.50. The van der Waals surface area contributed by atoms with Crippen LogP contribution in [-0.4, -0.2) is 94.5 Å². The number of hydrogen-bond acceptors (Lipinski definition) is 6. The van der Waals surface area contributed by atoms with E-state index in [1.165, 1.54) is 0 Å². The van der Waals surface area contributed by atoms with Crippen LogP contribution in [0.4, 0.5) is 0 Å². The lowest BCUT2D eigenvalue weighted by atomic mass is 9.91. The normalized spacial score (nSPS) is 23.4. The van der Waals surface area contributed by atoms with E-state index in [1.807, 2.05) is 24.8 Å². The van der Waals surface area contributed by atoms with Gasteiger partial charge in [0, 0.05) is 57.5 Å². The third-order valence-electron chi connectivity index (χ3n) is 7.10. The van der Waals surface area contributed by atoms with Crippen LogP contribution in [0.1, 0.15) is 38.7 Å². The molecule has 1 aromatic rings. The molecule has 0 saturated carbocycles. The zero-order chi connectivity index (χ0) is 24.2. The van der Waals surface area contributed by atoms with Crippen LogP contribution in [0, 0.1) is 11.8 Å². The molecule has 0 bridgehead atoms. The summed E-state index contributed by atoms with van der Waals surface area (Å²) < 4.78 is 0. The van der Waals surface area contributed by atoms with Crippen molar-refractivity contribution in [3.8, 4) is 0 Å². The molecule has 0 aromatic carbocycles. The van der Waals surface area contributed by atoms with Crippen LogP contribution in [0.3, 0.4) is 0 Å². The van der Waals surface area contributed by atoms with E-state index < -0.39 is 12.0 Å². The predicted molar refractivity (Wildman–Crippen MR) is 126 cm³/mol. The molecule has 1 aromatic heterocycles. The molecule has 0 radical (unpaired) electrons. The van der Waals surface area contributed by atoms with E-state index in [4.69, 9.17) is 0 Å². The van der Waals surface area contributed by atoms with Gasteiger partial charge < -0.3 is 20.0 Å². The second-order valence-corrected chi connectivity index (χ2v) is 10.0. The predicted octanol–water partition coefficient (Wildman–Crippen LogP) is 0.489. The maximum atomic E-state index is 13.6. The number of piperazine rings is 1. The van der Waals surface area contributed by atoms with Crippen molar-refractivity contribution in [2.24, 2.45) is 11.8 Å². The number of nitrogens with one attached hydrogen (secondary N) is 1. The van der Waals surface area contributed by atoms with Crippen LogP contribution in [0.2, 0.25) is 0 Å². The molecule has 9 nitrogen and oxygen atoms in total. The Labute approximate surface area is 200 Å². The van der Waals surface area contributed by atoms with Crippen molar-refractivity contribution < 1.29 is 19.2 Å². The highest BCUT2D eigenvalue weighted by molar-refractivity contribution is 5.98. The molecule has 3 unspecified atom stereocenters. The van der Waals surface area contributed by atoms with Crippen molar-refractivity contribution >= 4 is 23.5 Å². The highest BCUT2D eigenvalue weighted by atomic mass is 16.2. The molecular weight excluding hydrogens is 434 g/mol. The summed E-state index contributed by atoms with van der Waals surface area (Å²) >= 11 is 0. The average molecular weight is 470 g/mol. The third-order valence-corrected chi connectivity index (χ3v) is 7.10. The molecule has 0 spiro atoms. The third kappa shape index (κ3) is 5.29. The molecule has 4 rings (SSSR count). The van der Waals surface area contributed by atoms with Crippen molar-refractivity contribution in [1.29, 1.82) is 0 Å². The number of nitrogens with zero attached hydrogens (tertiary/aromatic N) is 4. The number of aromatic nitrogens is 1. The Morgan fingerprint density at radius 2 is 1.88 bits per heavy atom. The van der Waals surface area contributed by atoms with Crippen molar-refractivity contribution in [3.05, 3.63) is 30.1 Å². The largest absolute Gasteiger partial charge is 0.340 e. The molecule has 3 aliphatic rings. The number of likely N-dealkylation sites (tertiary alicyclic amines) is 2. The van der Waals surface area contributed by atoms with E-state index in [-0.39, 0.29) is 54.9 Å². The van der Waals surface area contributed by atoms with E-state index in [2.05, 4.69) is 10.3 Å². The Balaban J connectivity index is 1.44. The first-order valence-corrected chi connectivity index (χ1v) is 12.3. The Kier molecular flexibility index (Phi) is 7.60. The van der Waals surface area contributed by atoms with Gasteiger partial charge in [-0.25, -0.2) is 0 Å². The van der Waals surface area contributed by atoms with Gasteiger partial charge in [-0.2, -0.15) is 0 Å². The van der Waals surface area contributed by atoms with Crippen LogP contribution >= 0.6 is 0 Å². The topological polar surface area (TPSA) is 103 Å². The molecule has 4 heterocycles. The summed E-state index contributed by atoms with van der Waals surface area (Å²) in [4.78, 5) is 61.7. The smallest absolute Gasteiger partial charge is 0.227 e. The molecule has 3 fully saturated rings. The molecule has 184 valence electrons. The van der Waals surface area contributed by atoms with Gasteiger partial charge in [0.1, 0.15) is 6.04 Å². The van der Waals surface area contributed by atoms with E-state index in [9.17, 15) is 19.2 Å². The minimum absolute atomic E-state index is 0.00210. The molecule has 1 N–H and O–H groups in total. The van der Waals surface area contributed by atoms with Gasteiger partial charge in [-0.3, -0.25) is 24.2 Å². The molecular formula is C25H35N5O4. The van der Waals surface area contributed by atoms with Crippen LogP contribution in [0.25, 0.3) is 0 Å². The maximum absolute atomic E-state index is 13.6. The second-order valence-electron chi connectivity index (χ2n) is 10.0. The fraction of sp³-hybridized carbons (Fsp3) is 0.640. The Bertz CT molecular complexity index is 915. The number of pyridine rings is 1. The second kappa shape index (κ2) is 10.6. The van der Waals surface area contributed by atoms with Gasteiger partial charge in [-0.1, -0.05) is 19.9 Å². The van der Waals surface area contributed by atoms with Gasteiger partial charge >= 0.3 is 0 Å². The summed E-state index contributed by atoms with van der Waals surface area (Å²) in [5.74, 6) is -0.529. The van der Waals surface area contributed by atoms with Crippen molar-refractivity contribution in [2.75, 3.05) is 39.3 Å². The molecule has 3 amide bonds. The van der Waals surface area contributed by atoms with Gasteiger partial charge in [0.25, 0.3) is 0 Å². The first-order chi connectivity index (χ1) is 16.3. The van der Waals surface area contributed by atoms with Gasteiger partial charge in [-0.05, 0) is 30.4 Å². The van der Waals surface area contributed by atoms with E-state index in [0.29, 0.717) is 32.5 Å². The maximum Gasteiger partial charge on any atom is 0.227 e. The molecule has 0 aliphatic carbocycles. The minimum Gasteiger partial charge on any atom is -0.340 e. The zero-order valence-electron chi connectivity index (χ0n) is 20.1. The molecule has 3 atom stereocenters. The zero-order valence-corrected chi connectivity index (χ0v) is 20.1. The van der Waals surface area contributed by atoms with E-state index in [1.54, 1.807) is 28.3 Å². The van der Waals surface area contributed by atoms with Crippen molar-refractivity contribution in [2.45, 2.75) is 51.6 Å². The first-order valence-electron chi connectivity index (χ1n) is 12.3. The Morgan fingerprint density at radius 1 is 1.12 bits per heavy atom. The molecule has 34 heavy (non-hydrogen) atoms. The summed E-state index contributed by atoms with van der Waals surface area (Å²) in [6, 6.07) is 2.74. The van der Waals surface area contributed by atoms with Crippen LogP contribution < -0.4 is 5.32 Å². The highest BCUT2D eigenvalue weighted by Crippen LogP contribution is 2.33. The summed E-state index contributed by atoms with van der Waals surface area (Å²) in [5, 5.41) is 3.24. The Hall–Kier alpha value is -2.81. The van der Waals surface area contributed by atoms with Crippen molar-refractivity contribution in [3.63, 3.8) is 0 Å². The molecule has 3 saturated heterocycles. The average Bonchev–Trinajstić information content (AvgIpc) is 3.40. The lowest BCUT2D eigenvalue weighted by Crippen LogP contribution is -2.49. The summed E-state index contributed by atoms with van der Waals surface area (Å²) in [7, 11) is 0. The van der Waals surface area contributed by atoms with E-state index in [0.717, 1.165) is 18.7 Å². The number of fused-ring (bicyclic) bond motifs is 1. The van der Waals surface area contributed by atoms with Crippen molar-refractivity contribution in [1.82, 2.24) is 25.0 Å². The van der Waals surface area contributed by atoms with E-state index >= 15 is 0 Å².